The van der Waals surface area contributed by atoms with Crippen LogP contribution in [-0.2, 0) is 11.2 Å². The molecule has 0 spiro atoms. The summed E-state index contributed by atoms with van der Waals surface area (Å²) in [5, 5.41) is 22.2. The highest BCUT2D eigenvalue weighted by Crippen LogP contribution is 2.21. The van der Waals surface area contributed by atoms with Gasteiger partial charge in [0.1, 0.15) is 22.9 Å². The summed E-state index contributed by atoms with van der Waals surface area (Å²) in [7, 11) is 1.45. The summed E-state index contributed by atoms with van der Waals surface area (Å²) >= 11 is 0. The van der Waals surface area contributed by atoms with Crippen molar-refractivity contribution < 1.29 is 19.7 Å². The number of benzene rings is 1. The number of hydrogen-bond acceptors (Lipinski definition) is 5. The van der Waals surface area contributed by atoms with E-state index in [1.54, 1.807) is 24.3 Å². The van der Waals surface area contributed by atoms with Gasteiger partial charge >= 0.3 is 5.97 Å². The number of carbonyl (C=O) groups is 1. The van der Waals surface area contributed by atoms with Crippen LogP contribution in [-0.4, -0.2) is 33.1 Å². The van der Waals surface area contributed by atoms with Crippen molar-refractivity contribution in [3.05, 3.63) is 46.4 Å². The van der Waals surface area contributed by atoms with Crippen LogP contribution in [0.25, 0.3) is 5.69 Å². The lowest BCUT2D eigenvalue weighted by atomic mass is 10.2. The van der Waals surface area contributed by atoms with E-state index in [9.17, 15) is 14.7 Å². The number of methoxy groups -OCH3 is 1. The third-order valence-electron chi connectivity index (χ3n) is 2.62. The minimum atomic E-state index is -1.15. The van der Waals surface area contributed by atoms with Crippen LogP contribution in [0.2, 0.25) is 0 Å². The molecule has 0 saturated heterocycles. The third kappa shape index (κ3) is 2.61. The van der Waals surface area contributed by atoms with Gasteiger partial charge < -0.3 is 14.9 Å². The van der Waals surface area contributed by atoms with Gasteiger partial charge in [-0.15, -0.1) is 0 Å². The molecular weight excluding hydrogens is 264 g/mol. The third-order valence-corrected chi connectivity index (χ3v) is 2.62. The van der Waals surface area contributed by atoms with Crippen molar-refractivity contribution in [2.24, 2.45) is 0 Å². The average molecular weight is 276 g/mol. The summed E-state index contributed by atoms with van der Waals surface area (Å²) < 4.78 is 6.12. The predicted molar refractivity (Wildman–Crippen MR) is 69.4 cm³/mol. The second kappa shape index (κ2) is 5.43. The summed E-state index contributed by atoms with van der Waals surface area (Å²) in [5.41, 5.74) is -0.309. The molecule has 0 atom stereocenters. The SMILES string of the molecule is COc1ccccc1-n1nc(CC(=O)O)c(O)cc1=O. The fraction of sp³-hybridized carbons (Fsp3) is 0.154. The van der Waals surface area contributed by atoms with Crippen molar-refractivity contribution in [1.29, 1.82) is 0 Å². The lowest BCUT2D eigenvalue weighted by molar-refractivity contribution is -0.136. The molecule has 0 amide bonds. The summed E-state index contributed by atoms with van der Waals surface area (Å²) in [5.74, 6) is -1.18. The topological polar surface area (TPSA) is 102 Å². The minimum absolute atomic E-state index is 0.0944. The number of aromatic nitrogens is 2. The second-order valence-electron chi connectivity index (χ2n) is 3.97. The maximum Gasteiger partial charge on any atom is 0.309 e. The maximum absolute atomic E-state index is 11.9. The largest absolute Gasteiger partial charge is 0.506 e. The van der Waals surface area contributed by atoms with Gasteiger partial charge in [-0.05, 0) is 12.1 Å². The molecule has 2 N–H and O–H groups in total. The first kappa shape index (κ1) is 13.6. The van der Waals surface area contributed by atoms with E-state index >= 15 is 0 Å². The number of nitrogens with zero attached hydrogens (tertiary/aromatic N) is 2. The van der Waals surface area contributed by atoms with Crippen molar-refractivity contribution in [2.75, 3.05) is 7.11 Å². The number of para-hydroxylation sites is 2. The molecule has 7 heteroatoms. The molecule has 1 aromatic carbocycles. The van der Waals surface area contributed by atoms with Crippen molar-refractivity contribution in [2.45, 2.75) is 6.42 Å². The van der Waals surface area contributed by atoms with Crippen molar-refractivity contribution in [3.8, 4) is 17.2 Å². The molecule has 0 radical (unpaired) electrons. The van der Waals surface area contributed by atoms with Gasteiger partial charge in [0.2, 0.25) is 0 Å². The monoisotopic (exact) mass is 276 g/mol. The summed E-state index contributed by atoms with van der Waals surface area (Å²) in [4.78, 5) is 22.6. The van der Waals surface area contributed by atoms with Crippen LogP contribution in [0.3, 0.4) is 0 Å². The molecule has 0 saturated carbocycles. The highest BCUT2D eigenvalue weighted by Gasteiger charge is 2.14. The molecule has 0 aliphatic rings. The normalized spacial score (nSPS) is 10.2. The van der Waals surface area contributed by atoms with Crippen LogP contribution in [0, 0.1) is 0 Å². The number of rotatable bonds is 4. The zero-order valence-electron chi connectivity index (χ0n) is 10.6. The molecule has 0 aliphatic heterocycles. The Morgan fingerprint density at radius 1 is 1.40 bits per heavy atom. The zero-order valence-corrected chi connectivity index (χ0v) is 10.6. The van der Waals surface area contributed by atoms with Crippen molar-refractivity contribution >= 4 is 5.97 Å². The van der Waals surface area contributed by atoms with Crippen LogP contribution in [0.5, 0.6) is 11.5 Å². The quantitative estimate of drug-likeness (QED) is 0.846. The number of aromatic hydroxyl groups is 1. The first-order valence-electron chi connectivity index (χ1n) is 5.70. The Bertz CT molecular complexity index is 708. The van der Waals surface area contributed by atoms with E-state index in [0.717, 1.165) is 10.7 Å². The molecule has 2 rings (SSSR count). The molecule has 0 unspecified atom stereocenters. The second-order valence-corrected chi connectivity index (χ2v) is 3.97. The summed E-state index contributed by atoms with van der Waals surface area (Å²) in [6, 6.07) is 7.60. The highest BCUT2D eigenvalue weighted by atomic mass is 16.5. The molecule has 2 aromatic rings. The van der Waals surface area contributed by atoms with Gasteiger partial charge in [-0.1, -0.05) is 12.1 Å². The van der Waals surface area contributed by atoms with Gasteiger partial charge in [0, 0.05) is 6.07 Å². The van der Waals surface area contributed by atoms with E-state index in [-0.39, 0.29) is 5.69 Å². The van der Waals surface area contributed by atoms with Crippen molar-refractivity contribution in [3.63, 3.8) is 0 Å². The van der Waals surface area contributed by atoms with Gasteiger partial charge in [-0.3, -0.25) is 9.59 Å². The van der Waals surface area contributed by atoms with E-state index in [4.69, 9.17) is 9.84 Å². The van der Waals surface area contributed by atoms with Gasteiger partial charge in [0.15, 0.2) is 0 Å². The Hall–Kier alpha value is -2.83. The molecule has 0 aliphatic carbocycles. The lowest BCUT2D eigenvalue weighted by Gasteiger charge is -2.11. The van der Waals surface area contributed by atoms with E-state index in [1.807, 2.05) is 0 Å². The van der Waals surface area contributed by atoms with Gasteiger partial charge in [0.25, 0.3) is 5.56 Å². The number of ether oxygens (including phenoxy) is 1. The Balaban J connectivity index is 2.62. The molecule has 1 heterocycles. The van der Waals surface area contributed by atoms with E-state index in [2.05, 4.69) is 5.10 Å². The van der Waals surface area contributed by atoms with Crippen LogP contribution in [0.1, 0.15) is 5.69 Å². The lowest BCUT2D eigenvalue weighted by Crippen LogP contribution is -2.23. The standard InChI is InChI=1S/C13H12N2O5/c1-20-11-5-3-2-4-9(11)15-12(17)7-10(16)8(14-15)6-13(18)19/h2-5,7,16H,6H2,1H3,(H,18,19). The van der Waals surface area contributed by atoms with Gasteiger partial charge in [0.05, 0.1) is 13.5 Å². The van der Waals surface area contributed by atoms with E-state index < -0.39 is 23.7 Å². The molecule has 104 valence electrons. The predicted octanol–water partition coefficient (Wildman–Crippen LogP) is 0.574. The van der Waals surface area contributed by atoms with E-state index in [0.29, 0.717) is 11.4 Å². The fourth-order valence-electron chi connectivity index (χ4n) is 1.73. The zero-order chi connectivity index (χ0) is 14.7. The number of aliphatic carboxylic acids is 1. The first-order valence-corrected chi connectivity index (χ1v) is 5.70. The number of carboxylic acids is 1. The van der Waals surface area contributed by atoms with Crippen LogP contribution >= 0.6 is 0 Å². The summed E-state index contributed by atoms with van der Waals surface area (Å²) in [6.45, 7) is 0. The fourth-order valence-corrected chi connectivity index (χ4v) is 1.73. The molecule has 7 nitrogen and oxygen atoms in total. The Kier molecular flexibility index (Phi) is 3.69. The molecular formula is C13H12N2O5. The number of hydrogen-bond donors (Lipinski definition) is 2. The molecule has 20 heavy (non-hydrogen) atoms. The van der Waals surface area contributed by atoms with Gasteiger partial charge in [-0.2, -0.15) is 9.78 Å². The Labute approximate surface area is 113 Å². The van der Waals surface area contributed by atoms with Gasteiger partial charge in [-0.25, -0.2) is 0 Å². The molecule has 1 aromatic heterocycles. The van der Waals surface area contributed by atoms with E-state index in [1.165, 1.54) is 7.11 Å². The highest BCUT2D eigenvalue weighted by molar-refractivity contribution is 5.70. The summed E-state index contributed by atoms with van der Waals surface area (Å²) in [6.07, 6.45) is -0.485. The van der Waals surface area contributed by atoms with Crippen LogP contribution in [0.4, 0.5) is 0 Å². The van der Waals surface area contributed by atoms with Crippen LogP contribution < -0.4 is 10.3 Å². The minimum Gasteiger partial charge on any atom is -0.506 e. The van der Waals surface area contributed by atoms with Crippen LogP contribution in [0.15, 0.2) is 35.1 Å². The maximum atomic E-state index is 11.9. The molecule has 0 bridgehead atoms. The smallest absolute Gasteiger partial charge is 0.309 e. The molecule has 0 fully saturated rings. The average Bonchev–Trinajstić information content (AvgIpc) is 2.41. The Morgan fingerprint density at radius 3 is 2.75 bits per heavy atom. The first-order chi connectivity index (χ1) is 9.52. The van der Waals surface area contributed by atoms with Crippen molar-refractivity contribution in [1.82, 2.24) is 9.78 Å². The number of carboxylic acid groups (broad SMARTS) is 1. The Morgan fingerprint density at radius 2 is 2.10 bits per heavy atom.